The van der Waals surface area contributed by atoms with Crippen molar-refractivity contribution in [3.63, 3.8) is 0 Å². The molecular weight excluding hydrogens is 222 g/mol. The zero-order valence-electron chi connectivity index (χ0n) is 9.24. The second-order valence-corrected chi connectivity index (χ2v) is 3.59. The summed E-state index contributed by atoms with van der Waals surface area (Å²) >= 11 is 0. The van der Waals surface area contributed by atoms with Crippen LogP contribution in [0.5, 0.6) is 0 Å². The minimum absolute atomic E-state index is 0.653. The molecule has 2 heterocycles. The topological polar surface area (TPSA) is 75.5 Å². The Balaban J connectivity index is 2.04. The standard InChI is InChI=1S/C11H13N3O3/c15-10(16)2-1-9-7-12-11(13-8-9)14-3-5-17-6-4-14/h1-2,7-8H,3-6H2,(H,15,16)/b2-1+. The Kier molecular flexibility index (Phi) is 3.66. The van der Waals surface area contributed by atoms with Crippen molar-refractivity contribution >= 4 is 18.0 Å². The number of hydrogen-bond acceptors (Lipinski definition) is 5. The average molecular weight is 235 g/mol. The first-order chi connectivity index (χ1) is 8.25. The molecule has 90 valence electrons. The molecule has 0 unspecified atom stereocenters. The first-order valence-corrected chi connectivity index (χ1v) is 5.31. The highest BCUT2D eigenvalue weighted by Crippen LogP contribution is 2.09. The SMILES string of the molecule is O=C(O)/C=C/c1cnc(N2CCOCC2)nc1. The Hall–Kier alpha value is -1.95. The molecule has 2 rings (SSSR count). The van der Waals surface area contributed by atoms with Crippen LogP contribution in [0.2, 0.25) is 0 Å². The largest absolute Gasteiger partial charge is 0.478 e. The van der Waals surface area contributed by atoms with Crippen LogP contribution < -0.4 is 4.90 Å². The van der Waals surface area contributed by atoms with Crippen LogP contribution in [0.3, 0.4) is 0 Å². The van der Waals surface area contributed by atoms with E-state index >= 15 is 0 Å². The van der Waals surface area contributed by atoms with Crippen LogP contribution >= 0.6 is 0 Å². The van der Waals surface area contributed by atoms with Crippen LogP contribution in [0, 0.1) is 0 Å². The molecule has 0 spiro atoms. The lowest BCUT2D eigenvalue weighted by Crippen LogP contribution is -2.37. The second kappa shape index (κ2) is 5.40. The predicted molar refractivity (Wildman–Crippen MR) is 61.7 cm³/mol. The van der Waals surface area contributed by atoms with Crippen LogP contribution in [0.4, 0.5) is 5.95 Å². The molecule has 6 nitrogen and oxygen atoms in total. The molecule has 0 radical (unpaired) electrons. The van der Waals surface area contributed by atoms with Crippen molar-refractivity contribution in [2.45, 2.75) is 0 Å². The zero-order valence-corrected chi connectivity index (χ0v) is 9.24. The van der Waals surface area contributed by atoms with Crippen molar-refractivity contribution in [1.82, 2.24) is 9.97 Å². The number of aliphatic carboxylic acids is 1. The fourth-order valence-electron chi connectivity index (χ4n) is 1.51. The molecule has 0 atom stereocenters. The van der Waals surface area contributed by atoms with Gasteiger partial charge >= 0.3 is 5.97 Å². The van der Waals surface area contributed by atoms with Crippen molar-refractivity contribution in [2.75, 3.05) is 31.2 Å². The number of anilines is 1. The van der Waals surface area contributed by atoms with Gasteiger partial charge in [0, 0.05) is 37.1 Å². The van der Waals surface area contributed by atoms with Crippen molar-refractivity contribution < 1.29 is 14.6 Å². The van der Waals surface area contributed by atoms with Crippen LogP contribution in [-0.4, -0.2) is 47.3 Å². The van der Waals surface area contributed by atoms with Gasteiger partial charge in [-0.1, -0.05) is 0 Å². The van der Waals surface area contributed by atoms with E-state index in [0.29, 0.717) is 24.7 Å². The van der Waals surface area contributed by atoms with Crippen molar-refractivity contribution in [3.8, 4) is 0 Å². The minimum atomic E-state index is -0.984. The Bertz CT molecular complexity index is 410. The smallest absolute Gasteiger partial charge is 0.328 e. The number of aromatic nitrogens is 2. The number of morpholine rings is 1. The summed E-state index contributed by atoms with van der Waals surface area (Å²) in [6, 6.07) is 0. The average Bonchev–Trinajstić information content (AvgIpc) is 2.38. The number of carbonyl (C=O) groups is 1. The fourth-order valence-corrected chi connectivity index (χ4v) is 1.51. The van der Waals surface area contributed by atoms with Gasteiger partial charge in [-0.2, -0.15) is 0 Å². The van der Waals surface area contributed by atoms with Gasteiger partial charge in [-0.05, 0) is 6.08 Å². The number of hydrogen-bond donors (Lipinski definition) is 1. The molecule has 1 aromatic rings. The Morgan fingerprint density at radius 2 is 2.00 bits per heavy atom. The number of ether oxygens (including phenoxy) is 1. The first-order valence-electron chi connectivity index (χ1n) is 5.31. The predicted octanol–water partition coefficient (Wildman–Crippen LogP) is 0.411. The Morgan fingerprint density at radius 1 is 1.35 bits per heavy atom. The molecule has 1 aliphatic rings. The monoisotopic (exact) mass is 235 g/mol. The van der Waals surface area contributed by atoms with Gasteiger partial charge in [-0.3, -0.25) is 0 Å². The third-order valence-electron chi connectivity index (χ3n) is 2.37. The first kappa shape index (κ1) is 11.5. The molecule has 0 saturated carbocycles. The minimum Gasteiger partial charge on any atom is -0.478 e. The summed E-state index contributed by atoms with van der Waals surface area (Å²) in [5.74, 6) is -0.331. The van der Waals surface area contributed by atoms with Gasteiger partial charge in [-0.15, -0.1) is 0 Å². The lowest BCUT2D eigenvalue weighted by atomic mass is 10.3. The molecule has 1 aromatic heterocycles. The number of rotatable bonds is 3. The van der Waals surface area contributed by atoms with E-state index in [-0.39, 0.29) is 0 Å². The van der Waals surface area contributed by atoms with Gasteiger partial charge in [0.25, 0.3) is 0 Å². The lowest BCUT2D eigenvalue weighted by Gasteiger charge is -2.26. The molecule has 1 N–H and O–H groups in total. The van der Waals surface area contributed by atoms with E-state index in [4.69, 9.17) is 9.84 Å². The van der Waals surface area contributed by atoms with Gasteiger partial charge in [0.1, 0.15) is 0 Å². The van der Waals surface area contributed by atoms with E-state index < -0.39 is 5.97 Å². The highest BCUT2D eigenvalue weighted by molar-refractivity contribution is 5.85. The van der Waals surface area contributed by atoms with E-state index in [1.807, 2.05) is 4.90 Å². The van der Waals surface area contributed by atoms with Gasteiger partial charge in [-0.25, -0.2) is 14.8 Å². The number of carboxylic acid groups (broad SMARTS) is 1. The maximum atomic E-state index is 10.3. The maximum Gasteiger partial charge on any atom is 0.328 e. The molecule has 0 bridgehead atoms. The molecule has 1 saturated heterocycles. The van der Waals surface area contributed by atoms with Crippen molar-refractivity contribution in [2.24, 2.45) is 0 Å². The molecule has 0 aliphatic carbocycles. The maximum absolute atomic E-state index is 10.3. The van der Waals surface area contributed by atoms with Gasteiger partial charge < -0.3 is 14.7 Å². The summed E-state index contributed by atoms with van der Waals surface area (Å²) in [4.78, 5) is 20.8. The Labute approximate surface area is 98.6 Å². The number of carboxylic acids is 1. The van der Waals surface area contributed by atoms with Crippen LogP contribution in [0.15, 0.2) is 18.5 Å². The summed E-state index contributed by atoms with van der Waals surface area (Å²) in [5, 5.41) is 8.48. The molecule has 0 amide bonds. The van der Waals surface area contributed by atoms with Gasteiger partial charge in [0.15, 0.2) is 0 Å². The summed E-state index contributed by atoms with van der Waals surface area (Å²) in [6.45, 7) is 2.93. The normalized spacial score (nSPS) is 16.4. The van der Waals surface area contributed by atoms with E-state index in [2.05, 4.69) is 9.97 Å². The van der Waals surface area contributed by atoms with E-state index in [1.54, 1.807) is 12.4 Å². The number of nitrogens with zero attached hydrogens (tertiary/aromatic N) is 3. The van der Waals surface area contributed by atoms with Gasteiger partial charge in [0.05, 0.1) is 13.2 Å². The highest BCUT2D eigenvalue weighted by Gasteiger charge is 2.12. The molecular formula is C11H13N3O3. The van der Waals surface area contributed by atoms with Crippen LogP contribution in [0.25, 0.3) is 6.08 Å². The van der Waals surface area contributed by atoms with Gasteiger partial charge in [0.2, 0.25) is 5.95 Å². The lowest BCUT2D eigenvalue weighted by molar-refractivity contribution is -0.131. The molecule has 17 heavy (non-hydrogen) atoms. The summed E-state index contributed by atoms with van der Waals surface area (Å²) in [5.41, 5.74) is 0.671. The highest BCUT2D eigenvalue weighted by atomic mass is 16.5. The molecule has 0 aromatic carbocycles. The van der Waals surface area contributed by atoms with Crippen molar-refractivity contribution in [1.29, 1.82) is 0 Å². The molecule has 6 heteroatoms. The second-order valence-electron chi connectivity index (χ2n) is 3.59. The quantitative estimate of drug-likeness (QED) is 0.765. The van der Waals surface area contributed by atoms with Crippen LogP contribution in [0.1, 0.15) is 5.56 Å². The summed E-state index contributed by atoms with van der Waals surface area (Å²) < 4.78 is 5.24. The summed E-state index contributed by atoms with van der Waals surface area (Å²) in [6.07, 6.45) is 5.74. The fraction of sp³-hybridized carbons (Fsp3) is 0.364. The van der Waals surface area contributed by atoms with E-state index in [1.165, 1.54) is 6.08 Å². The van der Waals surface area contributed by atoms with Crippen molar-refractivity contribution in [3.05, 3.63) is 24.0 Å². The van der Waals surface area contributed by atoms with E-state index in [0.717, 1.165) is 19.2 Å². The third-order valence-corrected chi connectivity index (χ3v) is 2.37. The van der Waals surface area contributed by atoms with Crippen LogP contribution in [-0.2, 0) is 9.53 Å². The Morgan fingerprint density at radius 3 is 2.59 bits per heavy atom. The summed E-state index contributed by atoms with van der Waals surface area (Å²) in [7, 11) is 0. The molecule has 1 fully saturated rings. The third kappa shape index (κ3) is 3.25. The zero-order chi connectivity index (χ0) is 12.1. The molecule has 1 aliphatic heterocycles. The van der Waals surface area contributed by atoms with E-state index in [9.17, 15) is 4.79 Å².